The van der Waals surface area contributed by atoms with Crippen LogP contribution in [0.1, 0.15) is 26.3 Å². The first kappa shape index (κ1) is 23.3. The average Bonchev–Trinajstić information content (AvgIpc) is 2.79. The van der Waals surface area contributed by atoms with E-state index in [1.165, 1.54) is 35.2 Å². The Labute approximate surface area is 192 Å². The number of anilines is 1. The lowest BCUT2D eigenvalue weighted by Gasteiger charge is -2.20. The molecule has 3 rings (SSSR count). The van der Waals surface area contributed by atoms with Gasteiger partial charge in [-0.3, -0.25) is 14.3 Å². The van der Waals surface area contributed by atoms with Gasteiger partial charge in [0.1, 0.15) is 0 Å². The maximum absolute atomic E-state index is 13.1. The van der Waals surface area contributed by atoms with Crippen molar-refractivity contribution in [1.29, 1.82) is 0 Å². The number of rotatable bonds is 7. The zero-order valence-electron chi connectivity index (χ0n) is 17.5. The number of carbonyl (C=O) groups is 2. The third-order valence-electron chi connectivity index (χ3n) is 4.74. The smallest absolute Gasteiger partial charge is 0.261 e. The summed E-state index contributed by atoms with van der Waals surface area (Å²) in [5, 5.41) is 2.98. The van der Waals surface area contributed by atoms with Crippen molar-refractivity contribution in [3.8, 4) is 0 Å². The van der Waals surface area contributed by atoms with E-state index in [2.05, 4.69) is 10.0 Å². The van der Waals surface area contributed by atoms with Gasteiger partial charge in [0.05, 0.1) is 16.1 Å². The summed E-state index contributed by atoms with van der Waals surface area (Å²) in [4.78, 5) is 26.3. The van der Waals surface area contributed by atoms with E-state index in [4.69, 9.17) is 11.6 Å². The van der Waals surface area contributed by atoms with Gasteiger partial charge in [0.25, 0.3) is 21.8 Å². The molecular weight excluding hydrogens is 450 g/mol. The van der Waals surface area contributed by atoms with E-state index in [1.54, 1.807) is 56.6 Å². The Morgan fingerprint density at radius 2 is 1.56 bits per heavy atom. The lowest BCUT2D eigenvalue weighted by atomic mass is 10.1. The first-order valence-electron chi connectivity index (χ1n) is 9.65. The fourth-order valence-electron chi connectivity index (χ4n) is 3.03. The number of hydrogen-bond acceptors (Lipinski definition) is 4. The minimum absolute atomic E-state index is 0.0358. The fraction of sp³-hybridized carbons (Fsp3) is 0.130. The molecule has 0 atom stereocenters. The first-order chi connectivity index (χ1) is 15.2. The molecule has 2 N–H and O–H groups in total. The van der Waals surface area contributed by atoms with Crippen molar-refractivity contribution in [2.45, 2.75) is 11.4 Å². The summed E-state index contributed by atoms with van der Waals surface area (Å²) < 4.78 is 28.0. The first-order valence-corrected chi connectivity index (χ1v) is 11.5. The molecule has 9 heteroatoms. The van der Waals surface area contributed by atoms with Crippen molar-refractivity contribution < 1.29 is 18.0 Å². The zero-order chi connectivity index (χ0) is 23.3. The average molecular weight is 472 g/mol. The Hall–Kier alpha value is -3.36. The van der Waals surface area contributed by atoms with E-state index in [0.717, 1.165) is 5.56 Å². The monoisotopic (exact) mass is 471 g/mol. The van der Waals surface area contributed by atoms with E-state index in [9.17, 15) is 18.0 Å². The molecule has 166 valence electrons. The van der Waals surface area contributed by atoms with Crippen LogP contribution in [0.25, 0.3) is 0 Å². The Morgan fingerprint density at radius 1 is 0.938 bits per heavy atom. The van der Waals surface area contributed by atoms with Crippen LogP contribution in [0.4, 0.5) is 5.69 Å². The third-order valence-corrected chi connectivity index (χ3v) is 6.37. The van der Waals surface area contributed by atoms with Crippen molar-refractivity contribution in [3.05, 3.63) is 94.5 Å². The van der Waals surface area contributed by atoms with Gasteiger partial charge in [0.2, 0.25) is 0 Å². The molecule has 0 radical (unpaired) electrons. The number of nitrogens with zero attached hydrogens (tertiary/aromatic N) is 1. The lowest BCUT2D eigenvalue weighted by molar-refractivity contribution is 0.0785. The second-order valence-electron chi connectivity index (χ2n) is 7.04. The molecule has 2 amide bonds. The number of hydrogen-bond donors (Lipinski definition) is 2. The summed E-state index contributed by atoms with van der Waals surface area (Å²) >= 11 is 5.84. The van der Waals surface area contributed by atoms with E-state index in [1.807, 2.05) is 0 Å². The molecule has 0 fully saturated rings. The molecule has 0 bridgehead atoms. The van der Waals surface area contributed by atoms with Crippen LogP contribution in [0, 0.1) is 0 Å². The third kappa shape index (κ3) is 5.46. The van der Waals surface area contributed by atoms with Gasteiger partial charge < -0.3 is 10.2 Å². The summed E-state index contributed by atoms with van der Waals surface area (Å²) in [5.74, 6) is -0.544. The topological polar surface area (TPSA) is 95.6 Å². The molecule has 0 aliphatic heterocycles. The SMILES string of the molecule is CNC(=O)c1ccc(CN(C)C(=O)c2ccccc2NS(=O)(=O)c2ccc(Cl)cc2)cc1. The van der Waals surface area contributed by atoms with Crippen LogP contribution in [0.15, 0.2) is 77.7 Å². The Bertz CT molecular complexity index is 1230. The molecule has 0 saturated carbocycles. The van der Waals surface area contributed by atoms with Gasteiger partial charge in [0.15, 0.2) is 0 Å². The van der Waals surface area contributed by atoms with Crippen molar-refractivity contribution in [1.82, 2.24) is 10.2 Å². The van der Waals surface area contributed by atoms with Crippen LogP contribution in [-0.4, -0.2) is 39.2 Å². The highest BCUT2D eigenvalue weighted by Crippen LogP contribution is 2.23. The second-order valence-corrected chi connectivity index (χ2v) is 9.16. The van der Waals surface area contributed by atoms with Crippen LogP contribution in [-0.2, 0) is 16.6 Å². The fourth-order valence-corrected chi connectivity index (χ4v) is 4.24. The molecule has 0 spiro atoms. The van der Waals surface area contributed by atoms with Gasteiger partial charge in [0, 0.05) is 31.2 Å². The van der Waals surface area contributed by atoms with E-state index >= 15 is 0 Å². The van der Waals surface area contributed by atoms with Gasteiger partial charge >= 0.3 is 0 Å². The van der Waals surface area contributed by atoms with Gasteiger partial charge in [-0.1, -0.05) is 35.9 Å². The molecule has 0 saturated heterocycles. The van der Waals surface area contributed by atoms with Crippen molar-refractivity contribution >= 4 is 39.1 Å². The predicted molar refractivity (Wildman–Crippen MR) is 124 cm³/mol. The van der Waals surface area contributed by atoms with E-state index in [0.29, 0.717) is 10.6 Å². The zero-order valence-corrected chi connectivity index (χ0v) is 19.1. The maximum atomic E-state index is 13.1. The largest absolute Gasteiger partial charge is 0.355 e. The van der Waals surface area contributed by atoms with Gasteiger partial charge in [-0.15, -0.1) is 0 Å². The number of halogens is 1. The number of nitrogens with one attached hydrogen (secondary N) is 2. The van der Waals surface area contributed by atoms with Crippen LogP contribution in [0.3, 0.4) is 0 Å². The number of benzene rings is 3. The molecule has 3 aromatic rings. The molecular formula is C23H22ClN3O4S. The lowest BCUT2D eigenvalue weighted by Crippen LogP contribution is -2.27. The summed E-state index contributed by atoms with van der Waals surface area (Å²) in [5.41, 5.74) is 1.74. The molecule has 0 heterocycles. The van der Waals surface area contributed by atoms with Crippen LogP contribution in [0.2, 0.25) is 5.02 Å². The highest BCUT2D eigenvalue weighted by Gasteiger charge is 2.21. The van der Waals surface area contributed by atoms with E-state index in [-0.39, 0.29) is 34.5 Å². The molecule has 0 aliphatic rings. The van der Waals surface area contributed by atoms with Crippen LogP contribution in [0.5, 0.6) is 0 Å². The van der Waals surface area contributed by atoms with Crippen molar-refractivity contribution in [2.75, 3.05) is 18.8 Å². The van der Waals surface area contributed by atoms with Gasteiger partial charge in [-0.05, 0) is 54.1 Å². The summed E-state index contributed by atoms with van der Waals surface area (Å²) in [6.45, 7) is 0.283. The van der Waals surface area contributed by atoms with Crippen molar-refractivity contribution in [2.24, 2.45) is 0 Å². The molecule has 0 aliphatic carbocycles. The van der Waals surface area contributed by atoms with Gasteiger partial charge in [-0.2, -0.15) is 0 Å². The highest BCUT2D eigenvalue weighted by atomic mass is 35.5. The molecule has 7 nitrogen and oxygen atoms in total. The Kier molecular flexibility index (Phi) is 7.17. The maximum Gasteiger partial charge on any atom is 0.261 e. The minimum atomic E-state index is -3.90. The number of sulfonamides is 1. The summed E-state index contributed by atoms with van der Waals surface area (Å²) in [7, 11) is -0.722. The Balaban J connectivity index is 1.79. The second kappa shape index (κ2) is 9.84. The molecule has 32 heavy (non-hydrogen) atoms. The molecule has 0 aromatic heterocycles. The number of para-hydroxylation sites is 1. The highest BCUT2D eigenvalue weighted by molar-refractivity contribution is 7.92. The number of carbonyl (C=O) groups excluding carboxylic acids is 2. The van der Waals surface area contributed by atoms with Crippen LogP contribution < -0.4 is 10.0 Å². The Morgan fingerprint density at radius 3 is 2.19 bits per heavy atom. The quantitative estimate of drug-likeness (QED) is 0.548. The summed E-state index contributed by atoms with van der Waals surface area (Å²) in [6.07, 6.45) is 0. The normalized spacial score (nSPS) is 11.0. The molecule has 0 unspecified atom stereocenters. The molecule has 3 aromatic carbocycles. The number of amides is 2. The van der Waals surface area contributed by atoms with E-state index < -0.39 is 10.0 Å². The van der Waals surface area contributed by atoms with Gasteiger partial charge in [-0.25, -0.2) is 8.42 Å². The standard InChI is InChI=1S/C23H22ClN3O4S/c1-25-22(28)17-9-7-16(8-10-17)15-27(2)23(29)20-5-3-4-6-21(20)26-32(30,31)19-13-11-18(24)12-14-19/h3-14,26H,15H2,1-2H3,(H,25,28). The summed E-state index contributed by atoms with van der Waals surface area (Å²) in [6, 6.07) is 19.1. The predicted octanol–water partition coefficient (Wildman–Crippen LogP) is 3.77. The minimum Gasteiger partial charge on any atom is -0.355 e. The van der Waals surface area contributed by atoms with Crippen LogP contribution >= 0.6 is 11.6 Å². The van der Waals surface area contributed by atoms with Crippen molar-refractivity contribution in [3.63, 3.8) is 0 Å².